The molecule has 0 radical (unpaired) electrons. The summed E-state index contributed by atoms with van der Waals surface area (Å²) in [6, 6.07) is 0. The predicted molar refractivity (Wildman–Crippen MR) is 62.0 cm³/mol. The van der Waals surface area contributed by atoms with E-state index in [4.69, 9.17) is 14.2 Å². The highest BCUT2D eigenvalue weighted by molar-refractivity contribution is 5.86. The van der Waals surface area contributed by atoms with Gasteiger partial charge in [0.15, 0.2) is 0 Å². The van der Waals surface area contributed by atoms with Gasteiger partial charge in [-0.2, -0.15) is 0 Å². The van der Waals surface area contributed by atoms with Crippen molar-refractivity contribution in [2.75, 3.05) is 19.8 Å². The number of carbonyl (C=O) groups excluding carboxylic acids is 1. The molecule has 1 atom stereocenters. The minimum Gasteiger partial charge on any atom is -0.502 e. The minimum absolute atomic E-state index is 0.118. The van der Waals surface area contributed by atoms with Crippen LogP contribution in [0, 0.1) is 0 Å². The van der Waals surface area contributed by atoms with Crippen LogP contribution >= 0.6 is 0 Å². The van der Waals surface area contributed by atoms with E-state index in [9.17, 15) is 4.79 Å². The van der Waals surface area contributed by atoms with Gasteiger partial charge in [-0.3, -0.25) is 0 Å². The number of hydrogen-bond acceptors (Lipinski definition) is 4. The second-order valence-electron chi connectivity index (χ2n) is 3.45. The predicted octanol–water partition coefficient (Wildman–Crippen LogP) is 2.06. The molecule has 0 aromatic heterocycles. The van der Waals surface area contributed by atoms with E-state index in [1.165, 1.54) is 6.26 Å². The van der Waals surface area contributed by atoms with Crippen LogP contribution in [-0.4, -0.2) is 31.9 Å². The summed E-state index contributed by atoms with van der Waals surface area (Å²) in [7, 11) is 0. The molecule has 0 aromatic rings. The van der Waals surface area contributed by atoms with Gasteiger partial charge in [0, 0.05) is 12.0 Å². The normalized spacial score (nSPS) is 11.6. The molecule has 0 aliphatic rings. The van der Waals surface area contributed by atoms with Gasteiger partial charge >= 0.3 is 5.97 Å². The van der Waals surface area contributed by atoms with Crippen LogP contribution in [0.3, 0.4) is 0 Å². The molecule has 0 amide bonds. The summed E-state index contributed by atoms with van der Waals surface area (Å²) < 4.78 is 15.3. The molecule has 0 saturated carbocycles. The number of carbonyl (C=O) groups is 1. The third kappa shape index (κ3) is 8.05. The lowest BCUT2D eigenvalue weighted by Gasteiger charge is -2.13. The Hall–Kier alpha value is -1.29. The monoisotopic (exact) mass is 228 g/mol. The SMILES string of the molecule is C=COCCCOC(C)COC(=O)C(=C)C. The van der Waals surface area contributed by atoms with Crippen LogP contribution in [0.5, 0.6) is 0 Å². The molecular weight excluding hydrogens is 208 g/mol. The van der Waals surface area contributed by atoms with Crippen LogP contribution in [-0.2, 0) is 19.0 Å². The van der Waals surface area contributed by atoms with Crippen molar-refractivity contribution >= 4 is 5.97 Å². The Balaban J connectivity index is 3.44. The van der Waals surface area contributed by atoms with E-state index in [1.54, 1.807) is 6.92 Å². The highest BCUT2D eigenvalue weighted by Gasteiger charge is 2.07. The number of hydrogen-bond donors (Lipinski definition) is 0. The molecule has 0 heterocycles. The molecule has 0 aliphatic heterocycles. The first-order chi connectivity index (χ1) is 7.57. The van der Waals surface area contributed by atoms with Crippen molar-refractivity contribution in [2.45, 2.75) is 26.4 Å². The second-order valence-corrected chi connectivity index (χ2v) is 3.45. The summed E-state index contributed by atoms with van der Waals surface area (Å²) in [6.07, 6.45) is 2.06. The van der Waals surface area contributed by atoms with Gasteiger partial charge in [0.2, 0.25) is 0 Å². The summed E-state index contributed by atoms with van der Waals surface area (Å²) in [4.78, 5) is 11.1. The molecule has 0 fully saturated rings. The summed E-state index contributed by atoms with van der Waals surface area (Å²) in [5, 5.41) is 0. The van der Waals surface area contributed by atoms with Gasteiger partial charge in [-0.15, -0.1) is 0 Å². The van der Waals surface area contributed by atoms with Crippen LogP contribution in [0.1, 0.15) is 20.3 Å². The molecule has 0 aliphatic carbocycles. The summed E-state index contributed by atoms with van der Waals surface area (Å²) in [6.45, 7) is 11.8. The Morgan fingerprint density at radius 2 is 2.12 bits per heavy atom. The van der Waals surface area contributed by atoms with Crippen molar-refractivity contribution in [3.8, 4) is 0 Å². The van der Waals surface area contributed by atoms with Crippen molar-refractivity contribution < 1.29 is 19.0 Å². The van der Waals surface area contributed by atoms with Crippen molar-refractivity contribution in [3.63, 3.8) is 0 Å². The van der Waals surface area contributed by atoms with E-state index < -0.39 is 0 Å². The standard InChI is InChI=1S/C12H20O4/c1-5-14-7-6-8-15-11(4)9-16-12(13)10(2)3/h5,11H,1-2,6-9H2,3-4H3. The van der Waals surface area contributed by atoms with Crippen molar-refractivity contribution in [3.05, 3.63) is 25.0 Å². The van der Waals surface area contributed by atoms with E-state index in [0.717, 1.165) is 6.42 Å². The van der Waals surface area contributed by atoms with Crippen LogP contribution in [0.2, 0.25) is 0 Å². The number of ether oxygens (including phenoxy) is 3. The first-order valence-corrected chi connectivity index (χ1v) is 5.24. The van der Waals surface area contributed by atoms with Gasteiger partial charge in [-0.1, -0.05) is 13.2 Å². The first-order valence-electron chi connectivity index (χ1n) is 5.24. The molecule has 4 nitrogen and oxygen atoms in total. The fraction of sp³-hybridized carbons (Fsp3) is 0.583. The number of esters is 1. The van der Waals surface area contributed by atoms with Crippen LogP contribution in [0.25, 0.3) is 0 Å². The molecular formula is C12H20O4. The Morgan fingerprint density at radius 3 is 2.69 bits per heavy atom. The zero-order valence-electron chi connectivity index (χ0n) is 10.0. The molecule has 1 unspecified atom stereocenters. The van der Waals surface area contributed by atoms with Crippen molar-refractivity contribution in [2.24, 2.45) is 0 Å². The topological polar surface area (TPSA) is 44.8 Å². The lowest BCUT2D eigenvalue weighted by atomic mass is 10.3. The Morgan fingerprint density at radius 1 is 1.44 bits per heavy atom. The summed E-state index contributed by atoms with van der Waals surface area (Å²) in [5.41, 5.74) is 0.395. The summed E-state index contributed by atoms with van der Waals surface area (Å²) in [5.74, 6) is -0.384. The zero-order valence-corrected chi connectivity index (χ0v) is 10.0. The van der Waals surface area contributed by atoms with Gasteiger partial charge in [0.25, 0.3) is 0 Å². The maximum atomic E-state index is 11.1. The molecule has 0 N–H and O–H groups in total. The minimum atomic E-state index is -0.384. The average molecular weight is 228 g/mol. The molecule has 0 spiro atoms. The van der Waals surface area contributed by atoms with Crippen LogP contribution < -0.4 is 0 Å². The average Bonchev–Trinajstić information content (AvgIpc) is 2.25. The molecule has 0 bridgehead atoms. The lowest BCUT2D eigenvalue weighted by Crippen LogP contribution is -2.20. The van der Waals surface area contributed by atoms with E-state index in [2.05, 4.69) is 13.2 Å². The molecule has 0 aromatic carbocycles. The highest BCUT2D eigenvalue weighted by atomic mass is 16.6. The molecule has 0 rings (SSSR count). The van der Waals surface area contributed by atoms with Gasteiger partial charge in [-0.25, -0.2) is 4.79 Å². The van der Waals surface area contributed by atoms with E-state index in [1.807, 2.05) is 6.92 Å². The zero-order chi connectivity index (χ0) is 12.4. The number of rotatable bonds is 9. The molecule has 0 saturated heterocycles. The van der Waals surface area contributed by atoms with E-state index in [0.29, 0.717) is 18.8 Å². The fourth-order valence-corrected chi connectivity index (χ4v) is 0.874. The summed E-state index contributed by atoms with van der Waals surface area (Å²) >= 11 is 0. The second kappa shape index (κ2) is 8.97. The maximum Gasteiger partial charge on any atom is 0.333 e. The van der Waals surface area contributed by atoms with Gasteiger partial charge in [0.05, 0.1) is 25.6 Å². The van der Waals surface area contributed by atoms with Crippen molar-refractivity contribution in [1.29, 1.82) is 0 Å². The largest absolute Gasteiger partial charge is 0.502 e. The van der Waals surface area contributed by atoms with Gasteiger partial charge in [-0.05, 0) is 13.8 Å². The van der Waals surface area contributed by atoms with E-state index in [-0.39, 0.29) is 18.7 Å². The third-order valence-electron chi connectivity index (χ3n) is 1.72. The lowest BCUT2D eigenvalue weighted by molar-refractivity contribution is -0.142. The third-order valence-corrected chi connectivity index (χ3v) is 1.72. The van der Waals surface area contributed by atoms with Gasteiger partial charge < -0.3 is 14.2 Å². The van der Waals surface area contributed by atoms with E-state index >= 15 is 0 Å². The highest BCUT2D eigenvalue weighted by Crippen LogP contribution is 1.98. The smallest absolute Gasteiger partial charge is 0.333 e. The fourth-order valence-electron chi connectivity index (χ4n) is 0.874. The Labute approximate surface area is 96.9 Å². The Kier molecular flexibility index (Phi) is 8.25. The Bertz CT molecular complexity index is 235. The van der Waals surface area contributed by atoms with Gasteiger partial charge in [0.1, 0.15) is 6.61 Å². The molecule has 92 valence electrons. The molecule has 16 heavy (non-hydrogen) atoms. The van der Waals surface area contributed by atoms with Crippen LogP contribution in [0.4, 0.5) is 0 Å². The maximum absolute atomic E-state index is 11.1. The quantitative estimate of drug-likeness (QED) is 0.262. The molecule has 4 heteroatoms. The first kappa shape index (κ1) is 14.7. The van der Waals surface area contributed by atoms with Crippen LogP contribution in [0.15, 0.2) is 25.0 Å². The van der Waals surface area contributed by atoms with Crippen molar-refractivity contribution in [1.82, 2.24) is 0 Å².